The van der Waals surface area contributed by atoms with Crippen LogP contribution in [0.1, 0.15) is 5.56 Å². The molecule has 0 aromatic carbocycles. The average Bonchev–Trinajstić information content (AvgIpc) is 2.69. The third-order valence-corrected chi connectivity index (χ3v) is 1.85. The zero-order valence-electron chi connectivity index (χ0n) is 7.82. The number of hydrogen-bond acceptors (Lipinski definition) is 4. The summed E-state index contributed by atoms with van der Waals surface area (Å²) in [6.45, 7) is 0. The van der Waals surface area contributed by atoms with Crippen LogP contribution in [0.5, 0.6) is 0 Å². The second-order valence-electron chi connectivity index (χ2n) is 3.00. The second kappa shape index (κ2) is 3.51. The van der Waals surface area contributed by atoms with Gasteiger partial charge in [-0.05, 0) is 6.07 Å². The molecule has 0 atom stereocenters. The number of anilines is 1. The predicted octanol–water partition coefficient (Wildman–Crippen LogP) is 2.34. The van der Waals surface area contributed by atoms with E-state index < -0.39 is 11.7 Å². The molecule has 2 N–H and O–H groups in total. The fourth-order valence-corrected chi connectivity index (χ4v) is 1.21. The Morgan fingerprint density at radius 3 is 2.56 bits per heavy atom. The quantitative estimate of drug-likeness (QED) is 0.815. The van der Waals surface area contributed by atoms with Gasteiger partial charge in [-0.1, -0.05) is 0 Å². The molecule has 0 unspecified atom stereocenters. The molecule has 0 radical (unpaired) electrons. The maximum Gasteiger partial charge on any atom is 0.418 e. The van der Waals surface area contributed by atoms with Crippen molar-refractivity contribution in [3.8, 4) is 11.6 Å². The number of nitrogens with two attached hydrogens (primary N) is 1. The average molecular weight is 229 g/mol. The van der Waals surface area contributed by atoms with Gasteiger partial charge >= 0.3 is 6.18 Å². The number of nitrogens with zero attached hydrogens (tertiary/aromatic N) is 2. The Labute approximate surface area is 87.9 Å². The van der Waals surface area contributed by atoms with E-state index in [0.29, 0.717) is 0 Å². The molecule has 7 heteroatoms. The van der Waals surface area contributed by atoms with Gasteiger partial charge in [0.1, 0.15) is 12.0 Å². The van der Waals surface area contributed by atoms with Crippen molar-refractivity contribution >= 4 is 5.69 Å². The largest absolute Gasteiger partial charge is 0.443 e. The van der Waals surface area contributed by atoms with Crippen LogP contribution >= 0.6 is 0 Å². The van der Waals surface area contributed by atoms with Crippen LogP contribution in [-0.2, 0) is 6.18 Å². The lowest BCUT2D eigenvalue weighted by Crippen LogP contribution is -2.09. The number of rotatable bonds is 1. The summed E-state index contributed by atoms with van der Waals surface area (Å²) in [6, 6.07) is 0.798. The smallest absolute Gasteiger partial charge is 0.418 e. The first-order valence-electron chi connectivity index (χ1n) is 4.21. The van der Waals surface area contributed by atoms with E-state index in [1.54, 1.807) is 0 Å². The van der Waals surface area contributed by atoms with Crippen molar-refractivity contribution in [2.24, 2.45) is 0 Å². The van der Waals surface area contributed by atoms with Crippen molar-refractivity contribution in [2.45, 2.75) is 6.18 Å². The Bertz CT molecular complexity index is 493. The summed E-state index contributed by atoms with van der Waals surface area (Å²) in [5.74, 6) is -0.188. The lowest BCUT2D eigenvalue weighted by atomic mass is 10.1. The molecule has 0 aliphatic heterocycles. The summed E-state index contributed by atoms with van der Waals surface area (Å²) in [5, 5.41) is 0. The summed E-state index contributed by atoms with van der Waals surface area (Å²) in [5.41, 5.74) is 3.87. The highest BCUT2D eigenvalue weighted by Gasteiger charge is 2.36. The molecule has 2 aromatic heterocycles. The van der Waals surface area contributed by atoms with Gasteiger partial charge in [-0.2, -0.15) is 13.2 Å². The van der Waals surface area contributed by atoms with E-state index in [2.05, 4.69) is 9.97 Å². The van der Waals surface area contributed by atoms with E-state index >= 15 is 0 Å². The zero-order valence-corrected chi connectivity index (χ0v) is 7.82. The van der Waals surface area contributed by atoms with Crippen molar-refractivity contribution in [1.82, 2.24) is 9.97 Å². The van der Waals surface area contributed by atoms with Crippen molar-refractivity contribution in [1.29, 1.82) is 0 Å². The Morgan fingerprint density at radius 1 is 1.25 bits per heavy atom. The van der Waals surface area contributed by atoms with Crippen LogP contribution in [-0.4, -0.2) is 9.97 Å². The zero-order chi connectivity index (χ0) is 11.8. The van der Waals surface area contributed by atoms with Gasteiger partial charge in [0.2, 0.25) is 5.89 Å². The number of alkyl halides is 3. The van der Waals surface area contributed by atoms with Crippen LogP contribution in [0.4, 0.5) is 18.9 Å². The molecular formula is C9H6F3N3O. The second-order valence-corrected chi connectivity index (χ2v) is 3.00. The van der Waals surface area contributed by atoms with E-state index in [0.717, 1.165) is 12.3 Å². The van der Waals surface area contributed by atoms with E-state index in [4.69, 9.17) is 10.2 Å². The van der Waals surface area contributed by atoms with Crippen LogP contribution in [0.3, 0.4) is 0 Å². The van der Waals surface area contributed by atoms with Crippen molar-refractivity contribution in [2.75, 3.05) is 5.73 Å². The van der Waals surface area contributed by atoms with E-state index in [9.17, 15) is 13.2 Å². The Morgan fingerprint density at radius 2 is 2.00 bits per heavy atom. The van der Waals surface area contributed by atoms with Gasteiger partial charge < -0.3 is 10.2 Å². The summed E-state index contributed by atoms with van der Waals surface area (Å²) < 4.78 is 42.7. The minimum atomic E-state index is -4.55. The number of oxazole rings is 1. The first-order chi connectivity index (χ1) is 7.48. The molecule has 2 rings (SSSR count). The van der Waals surface area contributed by atoms with Crippen LogP contribution in [0, 0.1) is 0 Å². The SMILES string of the molecule is Nc1cnc(-c2ncco2)c(C(F)(F)F)c1. The maximum atomic E-state index is 12.7. The lowest BCUT2D eigenvalue weighted by Gasteiger charge is -2.10. The molecule has 2 aromatic rings. The van der Waals surface area contributed by atoms with Gasteiger partial charge in [0.15, 0.2) is 0 Å². The molecule has 0 spiro atoms. The fraction of sp³-hybridized carbons (Fsp3) is 0.111. The molecule has 84 valence electrons. The van der Waals surface area contributed by atoms with Crippen molar-refractivity contribution in [3.05, 3.63) is 30.3 Å². The Balaban J connectivity index is 2.62. The van der Waals surface area contributed by atoms with Crippen LogP contribution < -0.4 is 5.73 Å². The van der Waals surface area contributed by atoms with Gasteiger partial charge in [-0.3, -0.25) is 0 Å². The molecule has 4 nitrogen and oxygen atoms in total. The highest BCUT2D eigenvalue weighted by molar-refractivity contribution is 5.58. The highest BCUT2D eigenvalue weighted by atomic mass is 19.4. The Hall–Kier alpha value is -2.05. The minimum absolute atomic E-state index is 0.0670. The molecule has 16 heavy (non-hydrogen) atoms. The number of hydrogen-bond donors (Lipinski definition) is 1. The third-order valence-electron chi connectivity index (χ3n) is 1.85. The minimum Gasteiger partial charge on any atom is -0.443 e. The van der Waals surface area contributed by atoms with Gasteiger partial charge in [0.25, 0.3) is 0 Å². The van der Waals surface area contributed by atoms with E-state index in [1.165, 1.54) is 12.5 Å². The number of pyridine rings is 1. The van der Waals surface area contributed by atoms with Crippen molar-refractivity contribution in [3.63, 3.8) is 0 Å². The molecule has 0 fully saturated rings. The molecule has 0 amide bonds. The van der Waals surface area contributed by atoms with Crippen LogP contribution in [0.15, 0.2) is 29.1 Å². The highest BCUT2D eigenvalue weighted by Crippen LogP contribution is 2.36. The number of halogens is 3. The molecule has 2 heterocycles. The molecular weight excluding hydrogens is 223 g/mol. The first kappa shape index (κ1) is 10.5. The standard InChI is InChI=1S/C9H6F3N3O/c10-9(11,12)6-3-5(13)4-15-7(6)8-14-1-2-16-8/h1-4H,13H2. The molecule has 0 saturated heterocycles. The summed E-state index contributed by atoms with van der Waals surface area (Å²) in [6.07, 6.45) is -1.01. The monoisotopic (exact) mass is 229 g/mol. The maximum absolute atomic E-state index is 12.7. The fourth-order valence-electron chi connectivity index (χ4n) is 1.21. The topological polar surface area (TPSA) is 64.9 Å². The predicted molar refractivity (Wildman–Crippen MR) is 49.1 cm³/mol. The van der Waals surface area contributed by atoms with Gasteiger partial charge in [-0.25, -0.2) is 9.97 Å². The summed E-state index contributed by atoms with van der Waals surface area (Å²) in [7, 11) is 0. The number of nitrogen functional groups attached to an aromatic ring is 1. The van der Waals surface area contributed by atoms with Gasteiger partial charge in [0, 0.05) is 0 Å². The van der Waals surface area contributed by atoms with Crippen molar-refractivity contribution < 1.29 is 17.6 Å². The molecule has 0 saturated carbocycles. The Kier molecular flexibility index (Phi) is 2.30. The molecule has 0 aliphatic carbocycles. The lowest BCUT2D eigenvalue weighted by molar-refractivity contribution is -0.137. The molecule has 0 aliphatic rings. The van der Waals surface area contributed by atoms with Crippen LogP contribution in [0.2, 0.25) is 0 Å². The summed E-state index contributed by atoms with van der Waals surface area (Å²) in [4.78, 5) is 7.21. The first-order valence-corrected chi connectivity index (χ1v) is 4.21. The van der Waals surface area contributed by atoms with E-state index in [1.807, 2.05) is 0 Å². The third kappa shape index (κ3) is 1.83. The molecule has 0 bridgehead atoms. The van der Waals surface area contributed by atoms with E-state index in [-0.39, 0.29) is 17.3 Å². The van der Waals surface area contributed by atoms with Gasteiger partial charge in [0.05, 0.1) is 23.6 Å². The van der Waals surface area contributed by atoms with Gasteiger partial charge in [-0.15, -0.1) is 0 Å². The normalized spacial score (nSPS) is 11.7. The number of aromatic nitrogens is 2. The van der Waals surface area contributed by atoms with Crippen LogP contribution in [0.25, 0.3) is 11.6 Å². The summed E-state index contributed by atoms with van der Waals surface area (Å²) >= 11 is 0.